The maximum atomic E-state index is 4.90. The number of rotatable bonds is 3. The standard InChI is InChI=1S/C15H25N3/c1-11-15(13-6-2-3-7-13)18-14(17-11)9-12-5-4-8-16-10-12/h12-13,16H,2-10H2,1H3,(H,17,18). The summed E-state index contributed by atoms with van der Waals surface area (Å²) in [5.41, 5.74) is 2.69. The highest BCUT2D eigenvalue weighted by Crippen LogP contribution is 2.34. The van der Waals surface area contributed by atoms with Crippen molar-refractivity contribution in [2.45, 2.75) is 57.8 Å². The molecule has 2 fully saturated rings. The van der Waals surface area contributed by atoms with E-state index in [4.69, 9.17) is 4.98 Å². The zero-order chi connectivity index (χ0) is 12.4. The lowest BCUT2D eigenvalue weighted by molar-refractivity contribution is 0.371. The summed E-state index contributed by atoms with van der Waals surface area (Å²) in [4.78, 5) is 8.43. The van der Waals surface area contributed by atoms with E-state index in [-0.39, 0.29) is 0 Å². The lowest BCUT2D eigenvalue weighted by Crippen LogP contribution is -2.31. The van der Waals surface area contributed by atoms with Crippen molar-refractivity contribution in [2.75, 3.05) is 13.1 Å². The molecular weight excluding hydrogens is 222 g/mol. The van der Waals surface area contributed by atoms with E-state index in [9.17, 15) is 0 Å². The molecule has 1 saturated heterocycles. The SMILES string of the molecule is Cc1[nH]c(CC2CCCNC2)nc1C1CCCC1. The Kier molecular flexibility index (Phi) is 3.69. The van der Waals surface area contributed by atoms with Crippen molar-refractivity contribution in [2.24, 2.45) is 5.92 Å². The first-order valence-corrected chi connectivity index (χ1v) is 7.59. The molecule has 2 aliphatic rings. The maximum absolute atomic E-state index is 4.90. The van der Waals surface area contributed by atoms with Gasteiger partial charge >= 0.3 is 0 Å². The van der Waals surface area contributed by atoms with Crippen LogP contribution in [0.1, 0.15) is 61.7 Å². The van der Waals surface area contributed by atoms with Gasteiger partial charge in [-0.3, -0.25) is 0 Å². The summed E-state index contributed by atoms with van der Waals surface area (Å²) >= 11 is 0. The van der Waals surface area contributed by atoms with Crippen molar-refractivity contribution >= 4 is 0 Å². The van der Waals surface area contributed by atoms with Crippen LogP contribution in [-0.4, -0.2) is 23.1 Å². The molecule has 1 aliphatic heterocycles. The molecule has 0 bridgehead atoms. The highest BCUT2D eigenvalue weighted by molar-refractivity contribution is 5.19. The Morgan fingerprint density at radius 3 is 2.72 bits per heavy atom. The van der Waals surface area contributed by atoms with E-state index in [2.05, 4.69) is 17.2 Å². The summed E-state index contributed by atoms with van der Waals surface area (Å²) < 4.78 is 0. The number of aryl methyl sites for hydroxylation is 1. The first-order chi connectivity index (χ1) is 8.83. The monoisotopic (exact) mass is 247 g/mol. The van der Waals surface area contributed by atoms with E-state index in [0.29, 0.717) is 0 Å². The summed E-state index contributed by atoms with van der Waals surface area (Å²) in [5.74, 6) is 2.74. The number of aromatic nitrogens is 2. The minimum atomic E-state index is 0.736. The zero-order valence-electron chi connectivity index (χ0n) is 11.5. The molecule has 1 aliphatic carbocycles. The van der Waals surface area contributed by atoms with Crippen molar-refractivity contribution in [1.82, 2.24) is 15.3 Å². The predicted octanol–water partition coefficient (Wildman–Crippen LogP) is 2.92. The summed E-state index contributed by atoms with van der Waals surface area (Å²) in [7, 11) is 0. The van der Waals surface area contributed by atoms with Crippen molar-refractivity contribution in [3.05, 3.63) is 17.2 Å². The number of nitrogens with one attached hydrogen (secondary N) is 2. The molecule has 0 radical (unpaired) electrons. The van der Waals surface area contributed by atoms with Crippen LogP contribution in [0.2, 0.25) is 0 Å². The third-order valence-corrected chi connectivity index (χ3v) is 4.59. The second-order valence-corrected chi connectivity index (χ2v) is 6.09. The summed E-state index contributed by atoms with van der Waals surface area (Å²) in [5, 5.41) is 3.49. The van der Waals surface area contributed by atoms with E-state index in [1.807, 2.05) is 0 Å². The van der Waals surface area contributed by atoms with Crippen molar-refractivity contribution < 1.29 is 0 Å². The Morgan fingerprint density at radius 2 is 2.00 bits per heavy atom. The van der Waals surface area contributed by atoms with Crippen LogP contribution < -0.4 is 5.32 Å². The molecule has 1 unspecified atom stereocenters. The molecule has 3 rings (SSSR count). The molecule has 1 atom stereocenters. The van der Waals surface area contributed by atoms with E-state index < -0.39 is 0 Å². The molecule has 0 spiro atoms. The van der Waals surface area contributed by atoms with Gasteiger partial charge in [0, 0.05) is 18.0 Å². The third-order valence-electron chi connectivity index (χ3n) is 4.59. The lowest BCUT2D eigenvalue weighted by Gasteiger charge is -2.21. The number of nitrogens with zero attached hydrogens (tertiary/aromatic N) is 1. The molecule has 18 heavy (non-hydrogen) atoms. The minimum Gasteiger partial charge on any atom is -0.346 e. The Hall–Kier alpha value is -0.830. The zero-order valence-corrected chi connectivity index (χ0v) is 11.5. The lowest BCUT2D eigenvalue weighted by atomic mass is 9.96. The van der Waals surface area contributed by atoms with Crippen LogP contribution in [0.15, 0.2) is 0 Å². The number of piperidine rings is 1. The predicted molar refractivity (Wildman–Crippen MR) is 73.8 cm³/mol. The highest BCUT2D eigenvalue weighted by atomic mass is 14.9. The average molecular weight is 247 g/mol. The van der Waals surface area contributed by atoms with Gasteiger partial charge in [-0.2, -0.15) is 0 Å². The molecule has 3 heteroatoms. The molecule has 1 aromatic rings. The van der Waals surface area contributed by atoms with Gasteiger partial charge in [-0.15, -0.1) is 0 Å². The van der Waals surface area contributed by atoms with Crippen molar-refractivity contribution in [3.63, 3.8) is 0 Å². The van der Waals surface area contributed by atoms with Crippen LogP contribution in [0.5, 0.6) is 0 Å². The first kappa shape index (κ1) is 12.2. The largest absolute Gasteiger partial charge is 0.346 e. The van der Waals surface area contributed by atoms with Crippen LogP contribution in [0.25, 0.3) is 0 Å². The Balaban J connectivity index is 1.67. The van der Waals surface area contributed by atoms with Crippen molar-refractivity contribution in [3.8, 4) is 0 Å². The topological polar surface area (TPSA) is 40.7 Å². The quantitative estimate of drug-likeness (QED) is 0.862. The normalized spacial score (nSPS) is 25.7. The second kappa shape index (κ2) is 5.43. The molecule has 0 amide bonds. The van der Waals surface area contributed by atoms with Gasteiger partial charge in [0.2, 0.25) is 0 Å². The summed E-state index contributed by atoms with van der Waals surface area (Å²) in [6.07, 6.45) is 9.26. The highest BCUT2D eigenvalue weighted by Gasteiger charge is 2.23. The van der Waals surface area contributed by atoms with Crippen LogP contribution in [-0.2, 0) is 6.42 Å². The number of imidazole rings is 1. The molecule has 0 aromatic carbocycles. The van der Waals surface area contributed by atoms with Crippen LogP contribution in [0, 0.1) is 12.8 Å². The molecule has 2 heterocycles. The third kappa shape index (κ3) is 2.61. The summed E-state index contributed by atoms with van der Waals surface area (Å²) in [6, 6.07) is 0. The first-order valence-electron chi connectivity index (χ1n) is 7.59. The van der Waals surface area contributed by atoms with Crippen molar-refractivity contribution in [1.29, 1.82) is 0 Å². The Morgan fingerprint density at radius 1 is 1.17 bits per heavy atom. The van der Waals surface area contributed by atoms with E-state index in [1.165, 1.54) is 68.8 Å². The van der Waals surface area contributed by atoms with Gasteiger partial charge in [0.25, 0.3) is 0 Å². The minimum absolute atomic E-state index is 0.736. The smallest absolute Gasteiger partial charge is 0.106 e. The molecule has 1 aromatic heterocycles. The van der Waals surface area contributed by atoms with E-state index >= 15 is 0 Å². The van der Waals surface area contributed by atoms with Crippen LogP contribution >= 0.6 is 0 Å². The number of hydrogen-bond donors (Lipinski definition) is 2. The van der Waals surface area contributed by atoms with Crippen LogP contribution in [0.4, 0.5) is 0 Å². The fraction of sp³-hybridized carbons (Fsp3) is 0.800. The molecule has 1 saturated carbocycles. The second-order valence-electron chi connectivity index (χ2n) is 6.09. The molecule has 3 nitrogen and oxygen atoms in total. The average Bonchev–Trinajstić information content (AvgIpc) is 3.00. The van der Waals surface area contributed by atoms with Gasteiger partial charge in [0.05, 0.1) is 5.69 Å². The fourth-order valence-electron chi connectivity index (χ4n) is 3.60. The van der Waals surface area contributed by atoms with Gasteiger partial charge in [-0.25, -0.2) is 4.98 Å². The number of aromatic amines is 1. The number of H-pyrrole nitrogens is 1. The number of hydrogen-bond acceptors (Lipinski definition) is 2. The Labute approximate surface area is 110 Å². The van der Waals surface area contributed by atoms with Crippen LogP contribution in [0.3, 0.4) is 0 Å². The molecule has 2 N–H and O–H groups in total. The van der Waals surface area contributed by atoms with Gasteiger partial charge < -0.3 is 10.3 Å². The van der Waals surface area contributed by atoms with Gasteiger partial charge in [0.1, 0.15) is 5.82 Å². The molecular formula is C15H25N3. The van der Waals surface area contributed by atoms with E-state index in [1.54, 1.807) is 0 Å². The summed E-state index contributed by atoms with van der Waals surface area (Å²) in [6.45, 7) is 4.56. The maximum Gasteiger partial charge on any atom is 0.106 e. The fourth-order valence-corrected chi connectivity index (χ4v) is 3.60. The Bertz CT molecular complexity index is 384. The van der Waals surface area contributed by atoms with Gasteiger partial charge in [-0.1, -0.05) is 12.8 Å². The van der Waals surface area contributed by atoms with Gasteiger partial charge in [-0.05, 0) is 51.6 Å². The van der Waals surface area contributed by atoms with Gasteiger partial charge in [0.15, 0.2) is 0 Å². The van der Waals surface area contributed by atoms with E-state index in [0.717, 1.165) is 18.3 Å². The molecule has 100 valence electrons.